The first-order valence-corrected chi connectivity index (χ1v) is 5.30. The summed E-state index contributed by atoms with van der Waals surface area (Å²) in [5, 5.41) is 3.49. The van der Waals surface area contributed by atoms with E-state index in [4.69, 9.17) is 5.73 Å². The zero-order valence-electron chi connectivity index (χ0n) is 8.18. The molecule has 12 heavy (non-hydrogen) atoms. The van der Waals surface area contributed by atoms with Gasteiger partial charge in [0.1, 0.15) is 0 Å². The minimum Gasteiger partial charge on any atom is -0.329 e. The van der Waals surface area contributed by atoms with Crippen LogP contribution in [-0.4, -0.2) is 19.1 Å². The van der Waals surface area contributed by atoms with Crippen molar-refractivity contribution in [2.45, 2.75) is 45.1 Å². The van der Waals surface area contributed by atoms with E-state index >= 15 is 0 Å². The SMILES string of the molecule is CCC1CCC(NCCN)CC1. The number of hydrogen-bond acceptors (Lipinski definition) is 2. The summed E-state index contributed by atoms with van der Waals surface area (Å²) in [7, 11) is 0. The Labute approximate surface area is 75.9 Å². The van der Waals surface area contributed by atoms with E-state index in [-0.39, 0.29) is 0 Å². The van der Waals surface area contributed by atoms with Crippen LogP contribution in [0.5, 0.6) is 0 Å². The molecule has 0 unspecified atom stereocenters. The van der Waals surface area contributed by atoms with Crippen LogP contribution in [0.25, 0.3) is 0 Å². The van der Waals surface area contributed by atoms with Crippen LogP contribution in [0.1, 0.15) is 39.0 Å². The number of rotatable bonds is 4. The lowest BCUT2D eigenvalue weighted by Crippen LogP contribution is -2.36. The van der Waals surface area contributed by atoms with E-state index in [0.717, 1.165) is 25.0 Å². The van der Waals surface area contributed by atoms with Gasteiger partial charge in [0.15, 0.2) is 0 Å². The standard InChI is InChI=1S/C10H22N2/c1-2-9-3-5-10(6-4-9)12-8-7-11/h9-10,12H,2-8,11H2,1H3. The molecular weight excluding hydrogens is 148 g/mol. The maximum Gasteiger partial charge on any atom is 0.00770 e. The summed E-state index contributed by atoms with van der Waals surface area (Å²) in [4.78, 5) is 0. The molecule has 0 saturated heterocycles. The van der Waals surface area contributed by atoms with Crippen molar-refractivity contribution in [1.29, 1.82) is 0 Å². The first-order chi connectivity index (χ1) is 5.86. The molecule has 0 amide bonds. The third kappa shape index (κ3) is 3.11. The number of nitrogens with two attached hydrogens (primary N) is 1. The quantitative estimate of drug-likeness (QED) is 0.671. The van der Waals surface area contributed by atoms with E-state index in [1.165, 1.54) is 32.1 Å². The molecule has 1 rings (SSSR count). The minimum atomic E-state index is 0.761. The van der Waals surface area contributed by atoms with E-state index in [2.05, 4.69) is 12.2 Å². The first kappa shape index (κ1) is 10.0. The average molecular weight is 170 g/mol. The maximum absolute atomic E-state index is 5.44. The molecule has 2 nitrogen and oxygen atoms in total. The fourth-order valence-corrected chi connectivity index (χ4v) is 2.06. The van der Waals surface area contributed by atoms with Crippen molar-refractivity contribution in [2.75, 3.05) is 13.1 Å². The van der Waals surface area contributed by atoms with Crippen LogP contribution in [0.15, 0.2) is 0 Å². The molecule has 0 aliphatic heterocycles. The predicted octanol–water partition coefficient (Wildman–Crippen LogP) is 1.50. The van der Waals surface area contributed by atoms with Gasteiger partial charge in [-0.3, -0.25) is 0 Å². The normalized spacial score (nSPS) is 30.5. The summed E-state index contributed by atoms with van der Waals surface area (Å²) in [5.74, 6) is 1.00. The summed E-state index contributed by atoms with van der Waals surface area (Å²) >= 11 is 0. The van der Waals surface area contributed by atoms with Crippen molar-refractivity contribution >= 4 is 0 Å². The topological polar surface area (TPSA) is 38.0 Å². The van der Waals surface area contributed by atoms with E-state index in [9.17, 15) is 0 Å². The Balaban J connectivity index is 2.09. The third-order valence-electron chi connectivity index (χ3n) is 3.00. The van der Waals surface area contributed by atoms with Crippen molar-refractivity contribution in [3.63, 3.8) is 0 Å². The van der Waals surface area contributed by atoms with E-state index in [1.54, 1.807) is 0 Å². The smallest absolute Gasteiger partial charge is 0.00770 e. The molecule has 0 aromatic rings. The second-order valence-electron chi connectivity index (χ2n) is 3.87. The van der Waals surface area contributed by atoms with Gasteiger partial charge in [-0.05, 0) is 31.6 Å². The lowest BCUT2D eigenvalue weighted by Gasteiger charge is -2.28. The van der Waals surface area contributed by atoms with Crippen LogP contribution in [-0.2, 0) is 0 Å². The fourth-order valence-electron chi connectivity index (χ4n) is 2.06. The molecule has 1 fully saturated rings. The highest BCUT2D eigenvalue weighted by Gasteiger charge is 2.18. The second kappa shape index (κ2) is 5.55. The predicted molar refractivity (Wildman–Crippen MR) is 53.1 cm³/mol. The highest BCUT2D eigenvalue weighted by Crippen LogP contribution is 2.26. The monoisotopic (exact) mass is 170 g/mol. The van der Waals surface area contributed by atoms with Crippen molar-refractivity contribution < 1.29 is 0 Å². The molecule has 2 heteroatoms. The van der Waals surface area contributed by atoms with Gasteiger partial charge in [0, 0.05) is 19.1 Å². The Morgan fingerprint density at radius 3 is 2.42 bits per heavy atom. The van der Waals surface area contributed by atoms with Crippen LogP contribution in [0.2, 0.25) is 0 Å². The van der Waals surface area contributed by atoms with Gasteiger partial charge in [-0.25, -0.2) is 0 Å². The van der Waals surface area contributed by atoms with Crippen molar-refractivity contribution in [2.24, 2.45) is 11.7 Å². The van der Waals surface area contributed by atoms with Crippen LogP contribution in [0.4, 0.5) is 0 Å². The van der Waals surface area contributed by atoms with Crippen molar-refractivity contribution in [3.05, 3.63) is 0 Å². The molecule has 0 aromatic heterocycles. The zero-order valence-corrected chi connectivity index (χ0v) is 8.18. The van der Waals surface area contributed by atoms with Gasteiger partial charge in [-0.15, -0.1) is 0 Å². The molecule has 0 bridgehead atoms. The van der Waals surface area contributed by atoms with Crippen LogP contribution < -0.4 is 11.1 Å². The van der Waals surface area contributed by atoms with Gasteiger partial charge >= 0.3 is 0 Å². The lowest BCUT2D eigenvalue weighted by molar-refractivity contribution is 0.288. The van der Waals surface area contributed by atoms with Crippen LogP contribution in [0.3, 0.4) is 0 Å². The summed E-state index contributed by atoms with van der Waals surface area (Å²) in [6, 6.07) is 0.761. The molecule has 1 saturated carbocycles. The first-order valence-electron chi connectivity index (χ1n) is 5.30. The number of hydrogen-bond donors (Lipinski definition) is 2. The highest BCUT2D eigenvalue weighted by atomic mass is 14.9. The molecule has 0 aromatic carbocycles. The molecule has 0 heterocycles. The van der Waals surface area contributed by atoms with Gasteiger partial charge in [0.2, 0.25) is 0 Å². The van der Waals surface area contributed by atoms with Crippen LogP contribution >= 0.6 is 0 Å². The summed E-state index contributed by atoms with van der Waals surface area (Å²) in [5.41, 5.74) is 5.44. The van der Waals surface area contributed by atoms with Gasteiger partial charge < -0.3 is 11.1 Å². The molecule has 0 atom stereocenters. The Morgan fingerprint density at radius 1 is 1.25 bits per heavy atom. The molecule has 72 valence electrons. The Kier molecular flexibility index (Phi) is 4.62. The molecule has 3 N–H and O–H groups in total. The van der Waals surface area contributed by atoms with E-state index in [1.807, 2.05) is 0 Å². The Morgan fingerprint density at radius 2 is 1.92 bits per heavy atom. The molecule has 1 aliphatic carbocycles. The molecule has 1 aliphatic rings. The number of nitrogens with one attached hydrogen (secondary N) is 1. The highest BCUT2D eigenvalue weighted by molar-refractivity contribution is 4.76. The molecule has 0 radical (unpaired) electrons. The third-order valence-corrected chi connectivity index (χ3v) is 3.00. The van der Waals surface area contributed by atoms with E-state index < -0.39 is 0 Å². The van der Waals surface area contributed by atoms with Gasteiger partial charge in [-0.2, -0.15) is 0 Å². The van der Waals surface area contributed by atoms with Crippen LogP contribution in [0, 0.1) is 5.92 Å². The van der Waals surface area contributed by atoms with Gasteiger partial charge in [0.05, 0.1) is 0 Å². The second-order valence-corrected chi connectivity index (χ2v) is 3.87. The van der Waals surface area contributed by atoms with Gasteiger partial charge in [-0.1, -0.05) is 13.3 Å². The molecule has 0 spiro atoms. The van der Waals surface area contributed by atoms with Gasteiger partial charge in [0.25, 0.3) is 0 Å². The van der Waals surface area contributed by atoms with E-state index in [0.29, 0.717) is 0 Å². The lowest BCUT2D eigenvalue weighted by atomic mass is 9.84. The summed E-state index contributed by atoms with van der Waals surface area (Å²) < 4.78 is 0. The average Bonchev–Trinajstić information content (AvgIpc) is 2.15. The van der Waals surface area contributed by atoms with Crippen molar-refractivity contribution in [3.8, 4) is 0 Å². The summed E-state index contributed by atoms with van der Waals surface area (Å²) in [6.07, 6.45) is 6.91. The minimum absolute atomic E-state index is 0.761. The Hall–Kier alpha value is -0.0800. The maximum atomic E-state index is 5.44. The molecular formula is C10H22N2. The zero-order chi connectivity index (χ0) is 8.81. The fraction of sp³-hybridized carbons (Fsp3) is 1.00. The Bertz CT molecular complexity index is 106. The summed E-state index contributed by atoms with van der Waals surface area (Å²) in [6.45, 7) is 4.06. The largest absolute Gasteiger partial charge is 0.329 e. The van der Waals surface area contributed by atoms with Crippen molar-refractivity contribution in [1.82, 2.24) is 5.32 Å².